The topological polar surface area (TPSA) is 68.5 Å². The van der Waals surface area contributed by atoms with Crippen molar-refractivity contribution in [2.45, 2.75) is 26.2 Å². The first kappa shape index (κ1) is 18.3. The average molecular weight is 448 g/mol. The number of carbonyl (C=O) groups is 2. The van der Waals surface area contributed by atoms with E-state index in [9.17, 15) is 9.59 Å². The number of benzene rings is 1. The van der Waals surface area contributed by atoms with E-state index in [1.807, 2.05) is 12.1 Å². The SMILES string of the molecule is COC(=O)c1c(NC(=O)c2cc3cc(Br)ccc3o2)sc2c1CCC(C)C2. The Balaban J connectivity index is 1.68. The molecule has 1 aliphatic carbocycles. The van der Waals surface area contributed by atoms with E-state index in [0.717, 1.165) is 39.6 Å². The lowest BCUT2D eigenvalue weighted by Gasteiger charge is -2.18. The monoisotopic (exact) mass is 447 g/mol. The highest BCUT2D eigenvalue weighted by Crippen LogP contribution is 2.40. The molecule has 0 aliphatic heterocycles. The summed E-state index contributed by atoms with van der Waals surface area (Å²) < 4.78 is 11.5. The molecule has 1 aliphatic rings. The fourth-order valence-corrected chi connectivity index (χ4v) is 5.22. The standard InChI is InChI=1S/C20H18BrNO4S/c1-10-3-5-13-16(7-10)27-19(17(13)20(24)25-2)22-18(23)15-9-11-8-12(21)4-6-14(11)26-15/h4,6,8-10H,3,5,7H2,1-2H3,(H,22,23). The zero-order valence-electron chi connectivity index (χ0n) is 14.9. The van der Waals surface area contributed by atoms with Crippen molar-refractivity contribution in [3.8, 4) is 0 Å². The minimum Gasteiger partial charge on any atom is -0.465 e. The summed E-state index contributed by atoms with van der Waals surface area (Å²) in [5.74, 6) is -0.0114. The predicted molar refractivity (Wildman–Crippen MR) is 109 cm³/mol. The largest absolute Gasteiger partial charge is 0.465 e. The van der Waals surface area contributed by atoms with Crippen molar-refractivity contribution in [1.82, 2.24) is 0 Å². The fraction of sp³-hybridized carbons (Fsp3) is 0.300. The molecule has 0 fully saturated rings. The number of halogens is 1. The molecule has 1 aromatic carbocycles. The van der Waals surface area contributed by atoms with E-state index in [0.29, 0.717) is 22.1 Å². The van der Waals surface area contributed by atoms with Crippen LogP contribution in [0.4, 0.5) is 5.00 Å². The second-order valence-electron chi connectivity index (χ2n) is 6.79. The van der Waals surface area contributed by atoms with Crippen LogP contribution in [0.5, 0.6) is 0 Å². The van der Waals surface area contributed by atoms with Crippen molar-refractivity contribution in [2.75, 3.05) is 12.4 Å². The number of nitrogens with one attached hydrogen (secondary N) is 1. The highest BCUT2D eigenvalue weighted by molar-refractivity contribution is 9.10. The number of furan rings is 1. The number of rotatable bonds is 3. The third-order valence-electron chi connectivity index (χ3n) is 4.83. The zero-order chi connectivity index (χ0) is 19.1. The van der Waals surface area contributed by atoms with Gasteiger partial charge in [-0.3, -0.25) is 4.79 Å². The number of esters is 1. The first-order valence-corrected chi connectivity index (χ1v) is 10.3. The molecule has 2 aromatic heterocycles. The number of hydrogen-bond donors (Lipinski definition) is 1. The molecule has 140 valence electrons. The Hall–Kier alpha value is -2.12. The van der Waals surface area contributed by atoms with Gasteiger partial charge in [0.05, 0.1) is 12.7 Å². The number of amides is 1. The Kier molecular flexibility index (Phi) is 4.82. The lowest BCUT2D eigenvalue weighted by molar-refractivity contribution is 0.0601. The lowest BCUT2D eigenvalue weighted by atomic mass is 9.88. The molecule has 0 spiro atoms. The van der Waals surface area contributed by atoms with Gasteiger partial charge in [-0.25, -0.2) is 4.79 Å². The van der Waals surface area contributed by atoms with Crippen LogP contribution in [-0.2, 0) is 17.6 Å². The molecule has 5 nitrogen and oxygen atoms in total. The van der Waals surface area contributed by atoms with Gasteiger partial charge in [-0.2, -0.15) is 0 Å². The molecule has 1 atom stereocenters. The Morgan fingerprint density at radius 3 is 2.93 bits per heavy atom. The van der Waals surface area contributed by atoms with Gasteiger partial charge < -0.3 is 14.5 Å². The highest BCUT2D eigenvalue weighted by Gasteiger charge is 2.29. The molecule has 1 amide bonds. The van der Waals surface area contributed by atoms with Gasteiger partial charge in [-0.05, 0) is 55.0 Å². The number of ether oxygens (including phenoxy) is 1. The Labute approximate surface area is 168 Å². The minimum absolute atomic E-state index is 0.207. The number of methoxy groups -OCH3 is 1. The van der Waals surface area contributed by atoms with E-state index in [-0.39, 0.29) is 11.7 Å². The number of thiophene rings is 1. The molecule has 4 rings (SSSR count). The first-order valence-electron chi connectivity index (χ1n) is 8.69. The summed E-state index contributed by atoms with van der Waals surface area (Å²) in [7, 11) is 1.36. The third-order valence-corrected chi connectivity index (χ3v) is 6.49. The second kappa shape index (κ2) is 7.13. The molecule has 0 saturated heterocycles. The van der Waals surface area contributed by atoms with Crippen LogP contribution < -0.4 is 5.32 Å². The Morgan fingerprint density at radius 1 is 1.33 bits per heavy atom. The Bertz CT molecular complexity index is 1050. The van der Waals surface area contributed by atoms with E-state index in [4.69, 9.17) is 9.15 Å². The van der Waals surface area contributed by atoms with Gasteiger partial charge in [0.25, 0.3) is 5.91 Å². The number of carbonyl (C=O) groups excluding carboxylic acids is 2. The summed E-state index contributed by atoms with van der Waals surface area (Å²) in [4.78, 5) is 26.2. The number of hydrogen-bond acceptors (Lipinski definition) is 5. The number of anilines is 1. The van der Waals surface area contributed by atoms with Crippen LogP contribution in [0, 0.1) is 5.92 Å². The molecule has 27 heavy (non-hydrogen) atoms. The summed E-state index contributed by atoms with van der Waals surface area (Å²) >= 11 is 4.87. The highest BCUT2D eigenvalue weighted by atomic mass is 79.9. The molecule has 0 radical (unpaired) electrons. The maximum atomic E-state index is 12.7. The van der Waals surface area contributed by atoms with Gasteiger partial charge in [-0.15, -0.1) is 11.3 Å². The Morgan fingerprint density at radius 2 is 2.15 bits per heavy atom. The van der Waals surface area contributed by atoms with E-state index >= 15 is 0 Å². The average Bonchev–Trinajstić information content (AvgIpc) is 3.21. The quantitative estimate of drug-likeness (QED) is 0.544. The molecular weight excluding hydrogens is 430 g/mol. The third kappa shape index (κ3) is 3.41. The fourth-order valence-electron chi connectivity index (χ4n) is 3.45. The molecule has 3 aromatic rings. The summed E-state index contributed by atoms with van der Waals surface area (Å²) in [6.07, 6.45) is 2.77. The van der Waals surface area contributed by atoms with Crippen LogP contribution in [0.2, 0.25) is 0 Å². The molecular formula is C20H18BrNO4S. The summed E-state index contributed by atoms with van der Waals surface area (Å²) in [5.41, 5.74) is 2.13. The lowest BCUT2D eigenvalue weighted by Crippen LogP contribution is -2.15. The van der Waals surface area contributed by atoms with Crippen LogP contribution in [0.1, 0.15) is 44.7 Å². The number of fused-ring (bicyclic) bond motifs is 2. The predicted octanol–water partition coefficient (Wildman–Crippen LogP) is 5.42. The molecule has 1 unspecified atom stereocenters. The normalized spacial score (nSPS) is 16.2. The van der Waals surface area contributed by atoms with Crippen molar-refractivity contribution < 1.29 is 18.7 Å². The van der Waals surface area contributed by atoms with Crippen molar-refractivity contribution in [2.24, 2.45) is 5.92 Å². The van der Waals surface area contributed by atoms with Crippen LogP contribution in [0.15, 0.2) is 33.2 Å². The van der Waals surface area contributed by atoms with Crippen molar-refractivity contribution in [3.63, 3.8) is 0 Å². The second-order valence-corrected chi connectivity index (χ2v) is 8.82. The van der Waals surface area contributed by atoms with E-state index < -0.39 is 5.97 Å². The van der Waals surface area contributed by atoms with Gasteiger partial charge >= 0.3 is 5.97 Å². The maximum Gasteiger partial charge on any atom is 0.341 e. The van der Waals surface area contributed by atoms with Gasteiger partial charge in [0.1, 0.15) is 10.6 Å². The van der Waals surface area contributed by atoms with Crippen LogP contribution in [0.3, 0.4) is 0 Å². The van der Waals surface area contributed by atoms with E-state index in [1.165, 1.54) is 18.4 Å². The van der Waals surface area contributed by atoms with Crippen molar-refractivity contribution in [1.29, 1.82) is 0 Å². The van der Waals surface area contributed by atoms with Crippen LogP contribution >= 0.6 is 27.3 Å². The van der Waals surface area contributed by atoms with Crippen LogP contribution in [-0.4, -0.2) is 19.0 Å². The summed E-state index contributed by atoms with van der Waals surface area (Å²) in [6.45, 7) is 2.20. The molecule has 0 saturated carbocycles. The van der Waals surface area contributed by atoms with Crippen LogP contribution in [0.25, 0.3) is 11.0 Å². The molecule has 7 heteroatoms. The summed E-state index contributed by atoms with van der Waals surface area (Å²) in [5, 5.41) is 4.23. The smallest absolute Gasteiger partial charge is 0.341 e. The van der Waals surface area contributed by atoms with Gasteiger partial charge in [0.15, 0.2) is 5.76 Å². The maximum absolute atomic E-state index is 12.7. The first-order chi connectivity index (χ1) is 13.0. The van der Waals surface area contributed by atoms with E-state index in [1.54, 1.807) is 12.1 Å². The summed E-state index contributed by atoms with van der Waals surface area (Å²) in [6, 6.07) is 7.25. The molecule has 0 bridgehead atoms. The minimum atomic E-state index is -0.411. The van der Waals surface area contributed by atoms with E-state index in [2.05, 4.69) is 28.2 Å². The van der Waals surface area contributed by atoms with Gasteiger partial charge in [0, 0.05) is 14.7 Å². The van der Waals surface area contributed by atoms with Gasteiger partial charge in [-0.1, -0.05) is 22.9 Å². The van der Waals surface area contributed by atoms with Crippen molar-refractivity contribution in [3.05, 3.63) is 50.5 Å². The van der Waals surface area contributed by atoms with Gasteiger partial charge in [0.2, 0.25) is 0 Å². The molecule has 2 heterocycles. The van der Waals surface area contributed by atoms with Crippen molar-refractivity contribution >= 4 is 55.1 Å². The zero-order valence-corrected chi connectivity index (χ0v) is 17.3. The molecule has 1 N–H and O–H groups in total.